The zero-order valence-corrected chi connectivity index (χ0v) is 13.3. The molecule has 1 heterocycles. The summed E-state index contributed by atoms with van der Waals surface area (Å²) < 4.78 is 7.14. The van der Waals surface area contributed by atoms with Crippen LogP contribution in [0.3, 0.4) is 0 Å². The molecule has 0 radical (unpaired) electrons. The molecular weight excluding hydrogens is 374 g/mol. The van der Waals surface area contributed by atoms with E-state index in [2.05, 4.69) is 47.4 Å². The standard InChI is InChI=1S/C13H11Br2N3O/c1-19-13-9(6-10(14)7-11(13)15)8-17-18-12-4-2-3-5-16-12/h2-8H,1H3,(H,16,18)/b17-8+. The lowest BCUT2D eigenvalue weighted by Crippen LogP contribution is -1.96. The predicted molar refractivity (Wildman–Crippen MR) is 83.8 cm³/mol. The van der Waals surface area contributed by atoms with Gasteiger partial charge in [-0.3, -0.25) is 5.43 Å². The summed E-state index contributed by atoms with van der Waals surface area (Å²) in [4.78, 5) is 4.11. The van der Waals surface area contributed by atoms with Crippen LogP contribution in [-0.2, 0) is 0 Å². The molecule has 1 N–H and O–H groups in total. The first-order chi connectivity index (χ1) is 9.20. The van der Waals surface area contributed by atoms with Crippen LogP contribution < -0.4 is 10.2 Å². The van der Waals surface area contributed by atoms with E-state index in [1.54, 1.807) is 19.5 Å². The molecule has 0 saturated carbocycles. The second kappa shape index (κ2) is 6.68. The average molecular weight is 385 g/mol. The van der Waals surface area contributed by atoms with E-state index in [9.17, 15) is 0 Å². The average Bonchev–Trinajstić information content (AvgIpc) is 2.39. The lowest BCUT2D eigenvalue weighted by atomic mass is 10.2. The van der Waals surface area contributed by atoms with Crippen molar-refractivity contribution in [2.24, 2.45) is 5.10 Å². The summed E-state index contributed by atoms with van der Waals surface area (Å²) in [6.07, 6.45) is 3.39. The van der Waals surface area contributed by atoms with E-state index in [0.717, 1.165) is 20.3 Å². The Morgan fingerprint density at radius 2 is 2.16 bits per heavy atom. The summed E-state index contributed by atoms with van der Waals surface area (Å²) in [6, 6.07) is 9.42. The quantitative estimate of drug-likeness (QED) is 0.638. The van der Waals surface area contributed by atoms with Gasteiger partial charge in [0.2, 0.25) is 0 Å². The van der Waals surface area contributed by atoms with Crippen molar-refractivity contribution < 1.29 is 4.74 Å². The molecule has 1 aromatic heterocycles. The van der Waals surface area contributed by atoms with E-state index in [1.165, 1.54) is 0 Å². The number of aromatic nitrogens is 1. The molecule has 1 aromatic carbocycles. The van der Waals surface area contributed by atoms with Crippen LogP contribution >= 0.6 is 31.9 Å². The molecule has 0 aliphatic carbocycles. The molecule has 0 aliphatic rings. The Kier molecular flexibility index (Phi) is 4.93. The van der Waals surface area contributed by atoms with E-state index in [4.69, 9.17) is 4.74 Å². The van der Waals surface area contributed by atoms with Crippen LogP contribution in [0.1, 0.15) is 5.56 Å². The fourth-order valence-corrected chi connectivity index (χ4v) is 2.91. The summed E-state index contributed by atoms with van der Waals surface area (Å²) in [5, 5.41) is 4.14. The molecule has 6 heteroatoms. The number of nitrogens with one attached hydrogen (secondary N) is 1. The number of ether oxygens (including phenoxy) is 1. The maximum Gasteiger partial charge on any atom is 0.146 e. The van der Waals surface area contributed by atoms with Crippen molar-refractivity contribution in [2.45, 2.75) is 0 Å². The van der Waals surface area contributed by atoms with E-state index >= 15 is 0 Å². The Morgan fingerprint density at radius 3 is 2.84 bits per heavy atom. The van der Waals surface area contributed by atoms with Gasteiger partial charge in [-0.05, 0) is 40.2 Å². The molecule has 0 fully saturated rings. The molecule has 98 valence electrons. The second-order valence-corrected chi connectivity index (χ2v) is 5.37. The summed E-state index contributed by atoms with van der Waals surface area (Å²) in [7, 11) is 1.62. The van der Waals surface area contributed by atoms with Gasteiger partial charge < -0.3 is 4.74 Å². The lowest BCUT2D eigenvalue weighted by molar-refractivity contribution is 0.411. The first-order valence-electron chi connectivity index (χ1n) is 5.44. The number of methoxy groups -OCH3 is 1. The number of hydrogen-bond donors (Lipinski definition) is 1. The van der Waals surface area contributed by atoms with Gasteiger partial charge in [-0.1, -0.05) is 22.0 Å². The van der Waals surface area contributed by atoms with Crippen LogP contribution in [0.15, 0.2) is 50.6 Å². The Morgan fingerprint density at radius 1 is 1.32 bits per heavy atom. The molecule has 0 unspecified atom stereocenters. The van der Waals surface area contributed by atoms with E-state index in [1.807, 2.05) is 30.3 Å². The van der Waals surface area contributed by atoms with Crippen molar-refractivity contribution in [2.75, 3.05) is 12.5 Å². The largest absolute Gasteiger partial charge is 0.495 e. The third-order valence-corrected chi connectivity index (χ3v) is 3.34. The van der Waals surface area contributed by atoms with Crippen LogP contribution in [-0.4, -0.2) is 18.3 Å². The zero-order valence-electron chi connectivity index (χ0n) is 10.1. The molecule has 0 bridgehead atoms. The first-order valence-corrected chi connectivity index (χ1v) is 7.02. The van der Waals surface area contributed by atoms with Crippen molar-refractivity contribution in [3.8, 4) is 5.75 Å². The normalized spacial score (nSPS) is 10.7. The number of pyridine rings is 1. The van der Waals surface area contributed by atoms with Gasteiger partial charge in [0, 0.05) is 16.2 Å². The van der Waals surface area contributed by atoms with E-state index in [-0.39, 0.29) is 0 Å². The van der Waals surface area contributed by atoms with Gasteiger partial charge in [-0.2, -0.15) is 5.10 Å². The minimum Gasteiger partial charge on any atom is -0.495 e. The third kappa shape index (κ3) is 3.78. The van der Waals surface area contributed by atoms with Crippen LogP contribution in [0.5, 0.6) is 5.75 Å². The Hall–Kier alpha value is -1.40. The van der Waals surface area contributed by atoms with E-state index in [0.29, 0.717) is 5.82 Å². The third-order valence-electron chi connectivity index (χ3n) is 2.29. The molecule has 0 spiro atoms. The topological polar surface area (TPSA) is 46.5 Å². The maximum atomic E-state index is 5.33. The SMILES string of the molecule is COc1c(Br)cc(Br)cc1/C=N/Nc1ccccn1. The summed E-state index contributed by atoms with van der Waals surface area (Å²) in [5.74, 6) is 1.42. The van der Waals surface area contributed by atoms with Crippen molar-refractivity contribution in [3.63, 3.8) is 0 Å². The molecule has 19 heavy (non-hydrogen) atoms. The number of benzene rings is 1. The summed E-state index contributed by atoms with van der Waals surface area (Å²) >= 11 is 6.88. The highest BCUT2D eigenvalue weighted by molar-refractivity contribution is 9.11. The van der Waals surface area contributed by atoms with Gasteiger partial charge >= 0.3 is 0 Å². The lowest BCUT2D eigenvalue weighted by Gasteiger charge is -2.07. The fourth-order valence-electron chi connectivity index (χ4n) is 1.49. The highest BCUT2D eigenvalue weighted by atomic mass is 79.9. The monoisotopic (exact) mass is 383 g/mol. The number of anilines is 1. The van der Waals surface area contributed by atoms with Crippen molar-refractivity contribution in [1.82, 2.24) is 4.98 Å². The van der Waals surface area contributed by atoms with Crippen molar-refractivity contribution in [1.29, 1.82) is 0 Å². The van der Waals surface area contributed by atoms with Gasteiger partial charge in [0.1, 0.15) is 11.6 Å². The van der Waals surface area contributed by atoms with Crippen LogP contribution in [0.25, 0.3) is 0 Å². The minimum atomic E-state index is 0.687. The van der Waals surface area contributed by atoms with E-state index < -0.39 is 0 Å². The fraction of sp³-hybridized carbons (Fsp3) is 0.0769. The van der Waals surface area contributed by atoms with Gasteiger partial charge in [0.15, 0.2) is 0 Å². The molecule has 0 aliphatic heterocycles. The Balaban J connectivity index is 2.19. The second-order valence-electron chi connectivity index (χ2n) is 3.60. The molecule has 4 nitrogen and oxygen atoms in total. The molecule has 2 aromatic rings. The molecule has 0 atom stereocenters. The molecule has 0 amide bonds. The molecule has 2 rings (SSSR count). The van der Waals surface area contributed by atoms with Crippen molar-refractivity contribution in [3.05, 3.63) is 51.0 Å². The summed E-state index contributed by atoms with van der Waals surface area (Å²) in [6.45, 7) is 0. The predicted octanol–water partition coefficient (Wildman–Crippen LogP) is 4.06. The number of hydrazone groups is 1. The summed E-state index contributed by atoms with van der Waals surface area (Å²) in [5.41, 5.74) is 3.71. The zero-order chi connectivity index (χ0) is 13.7. The smallest absolute Gasteiger partial charge is 0.146 e. The van der Waals surface area contributed by atoms with Gasteiger partial charge in [-0.15, -0.1) is 0 Å². The van der Waals surface area contributed by atoms with Gasteiger partial charge in [0.05, 0.1) is 17.8 Å². The highest BCUT2D eigenvalue weighted by Gasteiger charge is 2.07. The molecular formula is C13H11Br2N3O. The Labute approximate surface area is 128 Å². The number of halogens is 2. The van der Waals surface area contributed by atoms with Crippen LogP contribution in [0, 0.1) is 0 Å². The molecule has 0 saturated heterocycles. The van der Waals surface area contributed by atoms with Crippen LogP contribution in [0.4, 0.5) is 5.82 Å². The van der Waals surface area contributed by atoms with Crippen molar-refractivity contribution >= 4 is 43.9 Å². The Bertz CT molecular complexity index is 588. The first kappa shape index (κ1) is 14.0. The van der Waals surface area contributed by atoms with Crippen LogP contribution in [0.2, 0.25) is 0 Å². The van der Waals surface area contributed by atoms with Gasteiger partial charge in [-0.25, -0.2) is 4.98 Å². The number of hydrogen-bond acceptors (Lipinski definition) is 4. The highest BCUT2D eigenvalue weighted by Crippen LogP contribution is 2.31. The number of rotatable bonds is 4. The minimum absolute atomic E-state index is 0.687. The number of nitrogens with zero attached hydrogens (tertiary/aromatic N) is 2. The maximum absolute atomic E-state index is 5.33. The van der Waals surface area contributed by atoms with Gasteiger partial charge in [0.25, 0.3) is 0 Å².